The van der Waals surface area contributed by atoms with Gasteiger partial charge in [0, 0.05) is 25.4 Å². The summed E-state index contributed by atoms with van der Waals surface area (Å²) in [5.41, 5.74) is 1.27. The summed E-state index contributed by atoms with van der Waals surface area (Å²) in [5.74, 6) is 0.279. The average Bonchev–Trinajstić information content (AvgIpc) is 2.76. The lowest BCUT2D eigenvalue weighted by Gasteiger charge is -2.28. The topological polar surface area (TPSA) is 33.2 Å². The predicted octanol–water partition coefficient (Wildman–Crippen LogP) is 3.18. The molecule has 0 aliphatic carbocycles. The Bertz CT molecular complexity index is 408. The van der Waals surface area contributed by atoms with Crippen molar-refractivity contribution in [3.63, 3.8) is 0 Å². The van der Waals surface area contributed by atoms with Crippen LogP contribution in [0.15, 0.2) is 24.5 Å². The Morgan fingerprint density at radius 2 is 2.06 bits per heavy atom. The first-order chi connectivity index (χ1) is 8.47. The van der Waals surface area contributed by atoms with Crippen LogP contribution in [-0.4, -0.2) is 22.3 Å². The normalized spacial score (nSPS) is 20.2. The fraction of sp³-hybridized carbons (Fsp3) is 0.600. The van der Waals surface area contributed by atoms with Gasteiger partial charge >= 0.3 is 0 Å². The summed E-state index contributed by atoms with van der Waals surface area (Å²) in [5, 5.41) is 0. The summed E-state index contributed by atoms with van der Waals surface area (Å²) in [6.45, 7) is 7.23. The smallest absolute Gasteiger partial charge is 0.223 e. The van der Waals surface area contributed by atoms with Gasteiger partial charge in [0.2, 0.25) is 5.91 Å². The molecule has 1 atom stereocenters. The van der Waals surface area contributed by atoms with E-state index in [1.165, 1.54) is 5.56 Å². The lowest BCUT2D eigenvalue weighted by Crippen LogP contribution is -2.33. The second-order valence-corrected chi connectivity index (χ2v) is 6.26. The molecule has 2 heterocycles. The van der Waals surface area contributed by atoms with Gasteiger partial charge in [0.05, 0.1) is 6.04 Å². The number of pyridine rings is 1. The van der Waals surface area contributed by atoms with Crippen LogP contribution in [0, 0.1) is 5.41 Å². The lowest BCUT2D eigenvalue weighted by molar-refractivity contribution is -0.134. The molecule has 2 rings (SSSR count). The molecule has 0 radical (unpaired) electrons. The van der Waals surface area contributed by atoms with Gasteiger partial charge in [0.15, 0.2) is 0 Å². The quantitative estimate of drug-likeness (QED) is 0.803. The average molecular weight is 246 g/mol. The van der Waals surface area contributed by atoms with Crippen molar-refractivity contribution < 1.29 is 4.79 Å². The highest BCUT2D eigenvalue weighted by molar-refractivity contribution is 5.77. The zero-order chi connectivity index (χ0) is 13.2. The first-order valence-corrected chi connectivity index (χ1v) is 6.67. The standard InChI is InChI=1S/C15H22N2O/c1-15(2,3)11-14(18)17-10-4-5-13(17)12-6-8-16-9-7-12/h6-9,13H,4-5,10-11H2,1-3H3. The van der Waals surface area contributed by atoms with Gasteiger partial charge in [0.25, 0.3) is 0 Å². The highest BCUT2D eigenvalue weighted by atomic mass is 16.2. The van der Waals surface area contributed by atoms with Crippen LogP contribution in [0.4, 0.5) is 0 Å². The van der Waals surface area contributed by atoms with Crippen LogP contribution in [0.2, 0.25) is 0 Å². The van der Waals surface area contributed by atoms with Crippen LogP contribution < -0.4 is 0 Å². The molecule has 0 spiro atoms. The summed E-state index contributed by atoms with van der Waals surface area (Å²) in [4.78, 5) is 18.4. The SMILES string of the molecule is CC(C)(C)CC(=O)N1CCCC1c1ccncc1. The van der Waals surface area contributed by atoms with Crippen LogP contribution in [0.25, 0.3) is 0 Å². The van der Waals surface area contributed by atoms with Crippen molar-refractivity contribution in [1.29, 1.82) is 0 Å². The molecule has 0 aromatic carbocycles. The van der Waals surface area contributed by atoms with Gasteiger partial charge in [-0.05, 0) is 36.0 Å². The zero-order valence-electron chi connectivity index (χ0n) is 11.5. The Kier molecular flexibility index (Phi) is 3.69. The number of aromatic nitrogens is 1. The van der Waals surface area contributed by atoms with Gasteiger partial charge in [-0.3, -0.25) is 9.78 Å². The van der Waals surface area contributed by atoms with Crippen molar-refractivity contribution in [1.82, 2.24) is 9.88 Å². The molecule has 1 amide bonds. The maximum Gasteiger partial charge on any atom is 0.223 e. The second kappa shape index (κ2) is 5.09. The van der Waals surface area contributed by atoms with Gasteiger partial charge in [-0.25, -0.2) is 0 Å². The van der Waals surface area contributed by atoms with Crippen LogP contribution in [0.1, 0.15) is 51.6 Å². The van der Waals surface area contributed by atoms with Crippen molar-refractivity contribution in [3.8, 4) is 0 Å². The molecule has 1 aliphatic rings. The first-order valence-electron chi connectivity index (χ1n) is 6.67. The predicted molar refractivity (Wildman–Crippen MR) is 72.0 cm³/mol. The lowest BCUT2D eigenvalue weighted by atomic mass is 9.91. The summed E-state index contributed by atoms with van der Waals surface area (Å²) < 4.78 is 0. The third-order valence-electron chi connectivity index (χ3n) is 3.35. The second-order valence-electron chi connectivity index (χ2n) is 6.26. The number of hydrogen-bond acceptors (Lipinski definition) is 2. The van der Waals surface area contributed by atoms with E-state index in [0.717, 1.165) is 19.4 Å². The highest BCUT2D eigenvalue weighted by Gasteiger charge is 2.31. The number of rotatable bonds is 2. The van der Waals surface area contributed by atoms with E-state index in [-0.39, 0.29) is 17.4 Å². The molecule has 98 valence electrons. The molecule has 1 aromatic heterocycles. The first kappa shape index (κ1) is 13.1. The van der Waals surface area contributed by atoms with E-state index in [0.29, 0.717) is 6.42 Å². The highest BCUT2D eigenvalue weighted by Crippen LogP contribution is 2.33. The Morgan fingerprint density at radius 1 is 1.39 bits per heavy atom. The molecule has 1 aromatic rings. The molecule has 18 heavy (non-hydrogen) atoms. The third kappa shape index (κ3) is 3.09. The molecule has 1 saturated heterocycles. The molecule has 0 N–H and O–H groups in total. The molecule has 3 nitrogen and oxygen atoms in total. The van der Waals surface area contributed by atoms with E-state index < -0.39 is 0 Å². The van der Waals surface area contributed by atoms with Gasteiger partial charge in [0.1, 0.15) is 0 Å². The van der Waals surface area contributed by atoms with Gasteiger partial charge in [-0.1, -0.05) is 20.8 Å². The van der Waals surface area contributed by atoms with Gasteiger partial charge in [-0.2, -0.15) is 0 Å². The van der Waals surface area contributed by atoms with Crippen molar-refractivity contribution in [2.75, 3.05) is 6.54 Å². The van der Waals surface area contributed by atoms with Gasteiger partial charge in [-0.15, -0.1) is 0 Å². The van der Waals surface area contributed by atoms with Crippen molar-refractivity contribution in [2.45, 2.75) is 46.1 Å². The molecule has 1 unspecified atom stereocenters. The molecule has 3 heteroatoms. The van der Waals surface area contributed by atoms with E-state index in [1.54, 1.807) is 12.4 Å². The van der Waals surface area contributed by atoms with Crippen molar-refractivity contribution >= 4 is 5.91 Å². The molecule has 1 aliphatic heterocycles. The van der Waals surface area contributed by atoms with Gasteiger partial charge < -0.3 is 4.90 Å². The number of hydrogen-bond donors (Lipinski definition) is 0. The van der Waals surface area contributed by atoms with E-state index in [4.69, 9.17) is 0 Å². The van der Waals surface area contributed by atoms with Crippen LogP contribution in [0.5, 0.6) is 0 Å². The van der Waals surface area contributed by atoms with Crippen molar-refractivity contribution in [3.05, 3.63) is 30.1 Å². The number of amides is 1. The summed E-state index contributed by atoms with van der Waals surface area (Å²) in [6, 6.07) is 4.30. The third-order valence-corrected chi connectivity index (χ3v) is 3.35. The zero-order valence-corrected chi connectivity index (χ0v) is 11.5. The molecule has 0 bridgehead atoms. The molecular weight excluding hydrogens is 224 g/mol. The fourth-order valence-electron chi connectivity index (χ4n) is 2.55. The number of nitrogens with zero attached hydrogens (tertiary/aromatic N) is 2. The number of carbonyl (C=O) groups is 1. The number of likely N-dealkylation sites (tertiary alicyclic amines) is 1. The maximum atomic E-state index is 12.4. The summed E-state index contributed by atoms with van der Waals surface area (Å²) in [7, 11) is 0. The largest absolute Gasteiger partial charge is 0.336 e. The van der Waals surface area contributed by atoms with Crippen LogP contribution in [0.3, 0.4) is 0 Å². The summed E-state index contributed by atoms with van der Waals surface area (Å²) >= 11 is 0. The molecule has 0 saturated carbocycles. The Balaban J connectivity index is 2.11. The molecule has 1 fully saturated rings. The Morgan fingerprint density at radius 3 is 2.67 bits per heavy atom. The monoisotopic (exact) mass is 246 g/mol. The van der Waals surface area contributed by atoms with E-state index in [9.17, 15) is 4.79 Å². The minimum absolute atomic E-state index is 0.0580. The van der Waals surface area contributed by atoms with Crippen molar-refractivity contribution in [2.24, 2.45) is 5.41 Å². The Labute approximate surface area is 109 Å². The van der Waals surface area contributed by atoms with Crippen LogP contribution in [-0.2, 0) is 4.79 Å². The molecular formula is C15H22N2O. The van der Waals surface area contributed by atoms with Crippen LogP contribution >= 0.6 is 0 Å². The maximum absolute atomic E-state index is 12.4. The Hall–Kier alpha value is -1.38. The minimum atomic E-state index is 0.0580. The number of carbonyl (C=O) groups excluding carboxylic acids is 1. The fourth-order valence-corrected chi connectivity index (χ4v) is 2.55. The van der Waals surface area contributed by atoms with E-state index in [1.807, 2.05) is 17.0 Å². The van der Waals surface area contributed by atoms with E-state index >= 15 is 0 Å². The summed E-state index contributed by atoms with van der Waals surface area (Å²) in [6.07, 6.45) is 6.40. The van der Waals surface area contributed by atoms with E-state index in [2.05, 4.69) is 25.8 Å². The minimum Gasteiger partial charge on any atom is -0.336 e.